The first kappa shape index (κ1) is 30.3. The number of hydrogen-bond donors (Lipinski definition) is 3. The SMILES string of the molecule is C=Ic1cccc(F)c1S(=O)(=O)Nc1cccc(-c2nc(CC(=O)NC)sc2-c2ccnc(Nc3ccccc3)n2)c1F. The Balaban J connectivity index is 1.58. The minimum Gasteiger partial charge on any atom is -0.359 e. The first-order valence-corrected chi connectivity index (χ1v) is 17.4. The third-order valence-corrected chi connectivity index (χ3v) is 10.6. The fourth-order valence-electron chi connectivity index (χ4n) is 4.05. The lowest BCUT2D eigenvalue weighted by Crippen LogP contribution is -2.19. The molecule has 0 aliphatic heterocycles. The van der Waals surface area contributed by atoms with E-state index in [0.29, 0.717) is 15.6 Å². The molecule has 0 aliphatic carbocycles. The smallest absolute Gasteiger partial charge is 0.265 e. The van der Waals surface area contributed by atoms with Gasteiger partial charge in [0.2, 0.25) is 11.9 Å². The van der Waals surface area contributed by atoms with Gasteiger partial charge in [0, 0.05) is 28.1 Å². The molecule has 0 saturated carbocycles. The van der Waals surface area contributed by atoms with E-state index in [2.05, 4.69) is 34.8 Å². The Kier molecular flexibility index (Phi) is 9.17. The van der Waals surface area contributed by atoms with E-state index in [-0.39, 0.29) is 33.1 Å². The fourth-order valence-corrected chi connectivity index (χ4v) is 8.60. The van der Waals surface area contributed by atoms with Gasteiger partial charge in [-0.2, -0.15) is 0 Å². The first-order chi connectivity index (χ1) is 20.7. The first-order valence-electron chi connectivity index (χ1n) is 12.5. The van der Waals surface area contributed by atoms with Crippen LogP contribution in [-0.4, -0.2) is 40.8 Å². The van der Waals surface area contributed by atoms with Crippen LogP contribution in [0.15, 0.2) is 83.9 Å². The predicted molar refractivity (Wildman–Crippen MR) is 173 cm³/mol. The van der Waals surface area contributed by atoms with Crippen LogP contribution in [0.4, 0.5) is 26.1 Å². The minimum absolute atomic E-state index is 0.0378. The Morgan fingerprint density at radius 2 is 1.77 bits per heavy atom. The maximum atomic E-state index is 16.1. The molecule has 5 rings (SSSR count). The number of carbonyl (C=O) groups is 1. The van der Waals surface area contributed by atoms with Gasteiger partial charge in [-0.3, -0.25) is 9.52 Å². The minimum atomic E-state index is -4.50. The largest absolute Gasteiger partial charge is 0.359 e. The molecule has 3 N–H and O–H groups in total. The van der Waals surface area contributed by atoms with Crippen LogP contribution in [0.2, 0.25) is 0 Å². The van der Waals surface area contributed by atoms with Gasteiger partial charge in [-0.05, 0) is 42.5 Å². The number of halogens is 3. The number of sulfonamides is 1. The zero-order chi connectivity index (χ0) is 30.6. The number of anilines is 3. The zero-order valence-electron chi connectivity index (χ0n) is 22.4. The number of rotatable bonds is 10. The summed E-state index contributed by atoms with van der Waals surface area (Å²) >= 11 is 0.109. The van der Waals surface area contributed by atoms with Gasteiger partial charge in [0.05, 0.1) is 28.4 Å². The van der Waals surface area contributed by atoms with Crippen LogP contribution in [0.25, 0.3) is 21.8 Å². The summed E-state index contributed by atoms with van der Waals surface area (Å²) in [6.45, 7) is 0. The summed E-state index contributed by atoms with van der Waals surface area (Å²) < 4.78 is 63.4. The summed E-state index contributed by atoms with van der Waals surface area (Å²) in [5, 5.41) is 6.04. The Morgan fingerprint density at radius 1 is 1.00 bits per heavy atom. The Labute approximate surface area is 260 Å². The van der Waals surface area contributed by atoms with E-state index in [1.165, 1.54) is 43.6 Å². The molecule has 0 aliphatic rings. The number of hydrogen-bond acceptors (Lipinski definition) is 8. The molecule has 14 heteroatoms. The van der Waals surface area contributed by atoms with Crippen molar-refractivity contribution in [2.45, 2.75) is 11.3 Å². The van der Waals surface area contributed by atoms with Crippen molar-refractivity contribution in [3.8, 4) is 21.8 Å². The summed E-state index contributed by atoms with van der Waals surface area (Å²) in [7, 11) is -3.00. The number of nitrogens with zero attached hydrogens (tertiary/aromatic N) is 3. The molecule has 3 aromatic carbocycles. The third-order valence-electron chi connectivity index (χ3n) is 6.01. The van der Waals surface area contributed by atoms with E-state index >= 15 is 4.39 Å². The van der Waals surface area contributed by atoms with Crippen LogP contribution < -0.4 is 15.4 Å². The highest BCUT2D eigenvalue weighted by molar-refractivity contribution is 14.2. The normalized spacial score (nSPS) is 11.2. The van der Waals surface area contributed by atoms with Gasteiger partial charge < -0.3 is 10.6 Å². The Morgan fingerprint density at radius 3 is 2.51 bits per heavy atom. The van der Waals surface area contributed by atoms with Crippen LogP contribution in [-0.2, 0) is 21.2 Å². The van der Waals surface area contributed by atoms with Crippen molar-refractivity contribution in [3.05, 3.63) is 99.2 Å². The van der Waals surface area contributed by atoms with Gasteiger partial charge in [0.1, 0.15) is 15.7 Å². The molecule has 5 aromatic rings. The monoisotopic (exact) mass is 732 g/mol. The summed E-state index contributed by atoms with van der Waals surface area (Å²) in [6, 6.07) is 19.0. The van der Waals surface area contributed by atoms with E-state index in [1.54, 1.807) is 6.07 Å². The number of thiazole rings is 1. The van der Waals surface area contributed by atoms with Gasteiger partial charge in [-0.15, -0.1) is 11.3 Å². The van der Waals surface area contributed by atoms with Gasteiger partial charge in [-0.25, -0.2) is 32.2 Å². The van der Waals surface area contributed by atoms with E-state index in [9.17, 15) is 17.6 Å². The fraction of sp³-hybridized carbons (Fsp3) is 0.0690. The molecule has 43 heavy (non-hydrogen) atoms. The van der Waals surface area contributed by atoms with E-state index in [1.807, 2.05) is 30.3 Å². The van der Waals surface area contributed by atoms with Crippen molar-refractivity contribution >= 4 is 69.8 Å². The second-order valence-corrected chi connectivity index (χ2v) is 13.5. The molecule has 0 spiro atoms. The molecule has 0 bridgehead atoms. The van der Waals surface area contributed by atoms with Crippen molar-refractivity contribution < 1.29 is 22.0 Å². The zero-order valence-corrected chi connectivity index (χ0v) is 26.2. The predicted octanol–water partition coefficient (Wildman–Crippen LogP) is 5.95. The standard InChI is InChI=1S/C29H23F2IN6O3S2/c1-32-20-12-7-11-19(30)28(20)43(40,41)38-21-13-6-10-18(25(21)31)26-27(42-24(37-26)16-23(39)33-2)22-14-15-34-29(36-22)35-17-8-4-3-5-9-17/h3-15,38H,1,16H2,2H3,(H,33,39)(H,34,35,36). The van der Waals surface area contributed by atoms with Crippen molar-refractivity contribution in [2.24, 2.45) is 0 Å². The summed E-state index contributed by atoms with van der Waals surface area (Å²) in [6.07, 6.45) is 1.47. The van der Waals surface area contributed by atoms with Crippen LogP contribution in [0.3, 0.4) is 0 Å². The number of likely N-dealkylation sites (N-methyl/N-ethyl adjacent to an activating group) is 1. The molecule has 1 amide bonds. The molecule has 220 valence electrons. The molecule has 0 saturated heterocycles. The second-order valence-electron chi connectivity index (χ2n) is 8.85. The summed E-state index contributed by atoms with van der Waals surface area (Å²) in [5.41, 5.74) is 0.889. The molecule has 2 heterocycles. The van der Waals surface area contributed by atoms with E-state index in [0.717, 1.165) is 23.1 Å². The van der Waals surface area contributed by atoms with Crippen molar-refractivity contribution in [3.63, 3.8) is 0 Å². The highest BCUT2D eigenvalue weighted by Gasteiger charge is 2.26. The maximum Gasteiger partial charge on any atom is 0.265 e. The van der Waals surface area contributed by atoms with Crippen LogP contribution in [0.1, 0.15) is 5.01 Å². The molecule has 0 atom stereocenters. The third kappa shape index (κ3) is 6.76. The molecular weight excluding hydrogens is 709 g/mol. The number of amides is 1. The number of para-hydroxylation sites is 1. The van der Waals surface area contributed by atoms with Crippen LogP contribution in [0.5, 0.6) is 0 Å². The molecule has 0 fully saturated rings. The average molecular weight is 733 g/mol. The van der Waals surface area contributed by atoms with E-state index < -0.39 is 53.0 Å². The number of benzene rings is 3. The van der Waals surface area contributed by atoms with Crippen LogP contribution >= 0.6 is 32.1 Å². The Hall–Kier alpha value is -4.15. The molecular formula is C29H23F2IN6O3S2. The quantitative estimate of drug-likeness (QED) is 0.152. The van der Waals surface area contributed by atoms with Gasteiger partial charge in [0.25, 0.3) is 10.0 Å². The van der Waals surface area contributed by atoms with Gasteiger partial charge in [-0.1, -0.05) is 55.6 Å². The Bertz CT molecular complexity index is 1940. The molecule has 0 unspecified atom stereocenters. The molecule has 9 nitrogen and oxygen atoms in total. The summed E-state index contributed by atoms with van der Waals surface area (Å²) in [4.78, 5) is 25.5. The topological polar surface area (TPSA) is 126 Å². The summed E-state index contributed by atoms with van der Waals surface area (Å²) in [5.74, 6) is -1.89. The highest BCUT2D eigenvalue weighted by Crippen LogP contribution is 2.39. The van der Waals surface area contributed by atoms with Crippen molar-refractivity contribution in [2.75, 3.05) is 17.1 Å². The van der Waals surface area contributed by atoms with Crippen molar-refractivity contribution in [1.82, 2.24) is 20.3 Å². The second kappa shape index (κ2) is 13.0. The van der Waals surface area contributed by atoms with Gasteiger partial charge in [0.15, 0.2) is 5.82 Å². The number of carbonyl (C=O) groups excluding carboxylic acids is 1. The lowest BCUT2D eigenvalue weighted by molar-refractivity contribution is -0.119. The number of nitrogens with one attached hydrogen (secondary N) is 3. The lowest BCUT2D eigenvalue weighted by atomic mass is 10.1. The highest BCUT2D eigenvalue weighted by atomic mass is 127. The van der Waals surface area contributed by atoms with Crippen LogP contribution in [0, 0.1) is 15.2 Å². The molecule has 0 radical (unpaired) electrons. The van der Waals surface area contributed by atoms with E-state index in [4.69, 9.17) is 0 Å². The number of aromatic nitrogens is 3. The van der Waals surface area contributed by atoms with Crippen molar-refractivity contribution in [1.29, 1.82) is 0 Å². The maximum absolute atomic E-state index is 16.1. The van der Waals surface area contributed by atoms with Gasteiger partial charge >= 0.3 is 0 Å². The molecule has 2 aromatic heterocycles. The average Bonchev–Trinajstić information content (AvgIpc) is 3.41. The lowest BCUT2D eigenvalue weighted by Gasteiger charge is -2.13.